The van der Waals surface area contributed by atoms with Crippen LogP contribution in [0.2, 0.25) is 0 Å². The Morgan fingerprint density at radius 2 is 1.88 bits per heavy atom. The number of thiophene rings is 2. The quantitative estimate of drug-likeness (QED) is 0.344. The molecule has 1 aliphatic heterocycles. The van der Waals surface area contributed by atoms with Crippen molar-refractivity contribution in [3.8, 4) is 5.69 Å². The SMILES string of the molecule is Cc1ccccc1-n1c(C)nnc1SCC(=O)N1N=C(c2cccs2)C[C@@H]1c1cccs1. The highest BCUT2D eigenvalue weighted by Gasteiger charge is 2.34. The highest BCUT2D eigenvalue weighted by molar-refractivity contribution is 7.99. The Labute approximate surface area is 198 Å². The van der Waals surface area contributed by atoms with Crippen LogP contribution in [0.5, 0.6) is 0 Å². The summed E-state index contributed by atoms with van der Waals surface area (Å²) in [4.78, 5) is 15.6. The molecule has 0 saturated carbocycles. The van der Waals surface area contributed by atoms with Crippen LogP contribution in [0.3, 0.4) is 0 Å². The maximum absolute atomic E-state index is 13.3. The van der Waals surface area contributed by atoms with E-state index in [2.05, 4.69) is 35.3 Å². The van der Waals surface area contributed by atoms with Gasteiger partial charge in [0.1, 0.15) is 5.82 Å². The van der Waals surface area contributed by atoms with Crippen LogP contribution >= 0.6 is 34.4 Å². The first-order valence-electron chi connectivity index (χ1n) is 10.2. The molecule has 5 rings (SSSR count). The van der Waals surface area contributed by atoms with Gasteiger partial charge in [-0.15, -0.1) is 32.9 Å². The molecule has 6 nitrogen and oxygen atoms in total. The van der Waals surface area contributed by atoms with E-state index < -0.39 is 0 Å². The van der Waals surface area contributed by atoms with Crippen molar-refractivity contribution >= 4 is 46.1 Å². The fraction of sp³-hybridized carbons (Fsp3) is 0.217. The van der Waals surface area contributed by atoms with Crippen LogP contribution in [0.4, 0.5) is 0 Å². The van der Waals surface area contributed by atoms with E-state index in [1.165, 1.54) is 11.8 Å². The number of carbonyl (C=O) groups excluding carboxylic acids is 1. The normalized spacial score (nSPS) is 15.9. The maximum Gasteiger partial charge on any atom is 0.253 e. The number of hydrogen-bond donors (Lipinski definition) is 0. The average molecular weight is 480 g/mol. The Bertz CT molecular complexity index is 1260. The summed E-state index contributed by atoms with van der Waals surface area (Å²) in [6.07, 6.45) is 0.732. The number of aryl methyl sites for hydroxylation is 2. The molecule has 1 amide bonds. The van der Waals surface area contributed by atoms with Crippen molar-refractivity contribution in [3.63, 3.8) is 0 Å². The third-order valence-corrected chi connectivity index (χ3v) is 8.13. The van der Waals surface area contributed by atoms with Gasteiger partial charge in [-0.1, -0.05) is 42.1 Å². The molecule has 0 radical (unpaired) electrons. The lowest BCUT2D eigenvalue weighted by molar-refractivity contribution is -0.130. The smallest absolute Gasteiger partial charge is 0.253 e. The van der Waals surface area contributed by atoms with Crippen LogP contribution in [0.25, 0.3) is 5.69 Å². The molecule has 1 atom stereocenters. The Kier molecular flexibility index (Phi) is 5.95. The molecule has 4 heterocycles. The van der Waals surface area contributed by atoms with Crippen LogP contribution < -0.4 is 0 Å². The van der Waals surface area contributed by atoms with Gasteiger partial charge in [0.25, 0.3) is 5.91 Å². The van der Waals surface area contributed by atoms with Crippen molar-refractivity contribution in [3.05, 3.63) is 80.4 Å². The van der Waals surface area contributed by atoms with E-state index in [4.69, 9.17) is 5.10 Å². The molecule has 1 aromatic carbocycles. The zero-order chi connectivity index (χ0) is 22.1. The maximum atomic E-state index is 13.3. The highest BCUT2D eigenvalue weighted by atomic mass is 32.2. The van der Waals surface area contributed by atoms with Crippen LogP contribution in [0.1, 0.15) is 33.6 Å². The van der Waals surface area contributed by atoms with Gasteiger partial charge in [-0.25, -0.2) is 5.01 Å². The molecule has 0 fully saturated rings. The second kappa shape index (κ2) is 9.01. The molecule has 0 unspecified atom stereocenters. The number of thioether (sulfide) groups is 1. The topological polar surface area (TPSA) is 63.4 Å². The van der Waals surface area contributed by atoms with E-state index in [1.807, 2.05) is 52.6 Å². The molecule has 0 aliphatic carbocycles. The molecule has 0 spiro atoms. The number of hydrogen-bond acceptors (Lipinski definition) is 7. The third-order valence-electron chi connectivity index (χ3n) is 5.32. The standard InChI is InChI=1S/C23H21N5OS3/c1-15-7-3-4-8-18(15)27-16(2)24-25-23(27)32-14-22(29)28-19(21-10-6-12-31-21)13-17(26-28)20-9-5-11-30-20/h3-12,19H,13-14H2,1-2H3/t19-/m1/s1. The monoisotopic (exact) mass is 479 g/mol. The summed E-state index contributed by atoms with van der Waals surface area (Å²) < 4.78 is 2.01. The second-order valence-corrected chi connectivity index (χ2v) is 10.3. The summed E-state index contributed by atoms with van der Waals surface area (Å²) in [5.41, 5.74) is 3.13. The highest BCUT2D eigenvalue weighted by Crippen LogP contribution is 2.36. The lowest BCUT2D eigenvalue weighted by Gasteiger charge is -2.20. The van der Waals surface area contributed by atoms with Crippen LogP contribution in [0.15, 0.2) is 69.5 Å². The summed E-state index contributed by atoms with van der Waals surface area (Å²) >= 11 is 4.72. The minimum absolute atomic E-state index is 0.0306. The number of aromatic nitrogens is 3. The molecule has 0 saturated heterocycles. The molecule has 162 valence electrons. The number of hydrazone groups is 1. The van der Waals surface area contributed by atoms with Gasteiger partial charge in [-0.3, -0.25) is 9.36 Å². The molecular weight excluding hydrogens is 458 g/mol. The van der Waals surface area contributed by atoms with Gasteiger partial charge < -0.3 is 0 Å². The number of benzene rings is 1. The van der Waals surface area contributed by atoms with Crippen molar-refractivity contribution in [2.45, 2.75) is 31.5 Å². The Morgan fingerprint density at radius 3 is 2.62 bits per heavy atom. The number of carbonyl (C=O) groups is 1. The molecule has 4 aromatic rings. The lowest BCUT2D eigenvalue weighted by atomic mass is 10.1. The third kappa shape index (κ3) is 4.03. The number of rotatable bonds is 6. The van der Waals surface area contributed by atoms with E-state index in [1.54, 1.807) is 27.7 Å². The fourth-order valence-electron chi connectivity index (χ4n) is 3.75. The summed E-state index contributed by atoms with van der Waals surface area (Å²) in [6, 6.07) is 16.2. The summed E-state index contributed by atoms with van der Waals surface area (Å²) in [5.74, 6) is 1.01. The largest absolute Gasteiger partial charge is 0.274 e. The molecule has 9 heteroatoms. The minimum atomic E-state index is -0.0591. The van der Waals surface area contributed by atoms with Gasteiger partial charge in [0, 0.05) is 11.3 Å². The van der Waals surface area contributed by atoms with Gasteiger partial charge in [0.2, 0.25) is 0 Å². The first-order chi connectivity index (χ1) is 15.6. The van der Waals surface area contributed by atoms with Gasteiger partial charge in [-0.2, -0.15) is 5.10 Å². The van der Waals surface area contributed by atoms with Crippen LogP contribution in [-0.4, -0.2) is 37.1 Å². The molecule has 0 bridgehead atoms. The first-order valence-corrected chi connectivity index (χ1v) is 12.9. The van der Waals surface area contributed by atoms with Gasteiger partial charge in [0.05, 0.1) is 28.1 Å². The van der Waals surface area contributed by atoms with Crippen molar-refractivity contribution in [2.24, 2.45) is 5.10 Å². The van der Waals surface area contributed by atoms with Crippen molar-refractivity contribution in [1.29, 1.82) is 0 Å². The zero-order valence-corrected chi connectivity index (χ0v) is 20.1. The number of amides is 1. The van der Waals surface area contributed by atoms with E-state index in [9.17, 15) is 4.79 Å². The molecule has 32 heavy (non-hydrogen) atoms. The van der Waals surface area contributed by atoms with Gasteiger partial charge >= 0.3 is 0 Å². The van der Waals surface area contributed by atoms with E-state index >= 15 is 0 Å². The van der Waals surface area contributed by atoms with Crippen molar-refractivity contribution in [2.75, 3.05) is 5.75 Å². The molecule has 0 N–H and O–H groups in total. The molecule has 3 aromatic heterocycles. The predicted octanol–water partition coefficient (Wildman–Crippen LogP) is 5.48. The van der Waals surface area contributed by atoms with Gasteiger partial charge in [-0.05, 0) is 48.4 Å². The average Bonchev–Trinajstić information content (AvgIpc) is 3.59. The van der Waals surface area contributed by atoms with E-state index in [0.717, 1.165) is 39.0 Å². The summed E-state index contributed by atoms with van der Waals surface area (Å²) in [7, 11) is 0. The van der Waals surface area contributed by atoms with E-state index in [-0.39, 0.29) is 17.7 Å². The minimum Gasteiger partial charge on any atom is -0.274 e. The first kappa shape index (κ1) is 21.1. The predicted molar refractivity (Wildman–Crippen MR) is 131 cm³/mol. The number of para-hydroxylation sites is 1. The Balaban J connectivity index is 1.38. The fourth-order valence-corrected chi connectivity index (χ4v) is 6.13. The summed E-state index contributed by atoms with van der Waals surface area (Å²) in [5, 5.41) is 19.8. The molecular formula is C23H21N5OS3. The van der Waals surface area contributed by atoms with Crippen molar-refractivity contribution < 1.29 is 4.79 Å². The zero-order valence-electron chi connectivity index (χ0n) is 17.6. The lowest BCUT2D eigenvalue weighted by Crippen LogP contribution is -2.28. The summed E-state index contributed by atoms with van der Waals surface area (Å²) in [6.45, 7) is 3.99. The molecule has 1 aliphatic rings. The Hall–Kier alpha value is -2.75. The van der Waals surface area contributed by atoms with Crippen molar-refractivity contribution in [1.82, 2.24) is 19.8 Å². The van der Waals surface area contributed by atoms with E-state index in [0.29, 0.717) is 5.16 Å². The van der Waals surface area contributed by atoms with Crippen LogP contribution in [-0.2, 0) is 4.79 Å². The van der Waals surface area contributed by atoms with Crippen LogP contribution in [0, 0.1) is 13.8 Å². The van der Waals surface area contributed by atoms with Gasteiger partial charge in [0.15, 0.2) is 5.16 Å². The Morgan fingerprint density at radius 1 is 1.06 bits per heavy atom. The second-order valence-electron chi connectivity index (χ2n) is 7.44. The number of nitrogens with zero attached hydrogens (tertiary/aromatic N) is 5.